The maximum absolute atomic E-state index is 15.3. The summed E-state index contributed by atoms with van der Waals surface area (Å²) in [6.07, 6.45) is 1.88. The van der Waals surface area contributed by atoms with Gasteiger partial charge in [0.15, 0.2) is 23.9 Å². The Morgan fingerprint density at radius 2 is 2.05 bits per heavy atom. The summed E-state index contributed by atoms with van der Waals surface area (Å²) in [7, 11) is 1.62. The average molecular weight is 596 g/mol. The highest BCUT2D eigenvalue weighted by atomic mass is 32.5. The molecule has 16 heteroatoms. The number of imidazole rings is 1. The molecule has 4 heterocycles. The Bertz CT molecular complexity index is 1430. The number of halogens is 1. The number of carbonyl (C=O) groups is 1. The third kappa shape index (κ3) is 5.73. The Morgan fingerprint density at radius 1 is 1.27 bits per heavy atom. The number of aromatic nitrogens is 5. The predicted molar refractivity (Wildman–Crippen MR) is 145 cm³/mol. The van der Waals surface area contributed by atoms with Crippen LogP contribution in [0.1, 0.15) is 41.5 Å². The Balaban J connectivity index is 1.21. The molecule has 0 aromatic carbocycles. The van der Waals surface area contributed by atoms with Gasteiger partial charge >= 0.3 is 6.72 Å². The van der Waals surface area contributed by atoms with Gasteiger partial charge < -0.3 is 34.9 Å². The lowest BCUT2D eigenvalue weighted by atomic mass is 9.63. The Morgan fingerprint density at radius 3 is 2.80 bits per heavy atom. The molecule has 5 rings (SSSR count). The lowest BCUT2D eigenvalue weighted by Gasteiger charge is -2.45. The van der Waals surface area contributed by atoms with Crippen LogP contribution in [-0.4, -0.2) is 74.5 Å². The van der Waals surface area contributed by atoms with Crippen molar-refractivity contribution in [3.63, 3.8) is 0 Å². The number of alkyl halides is 1. The third-order valence-electron chi connectivity index (χ3n) is 7.69. The van der Waals surface area contributed by atoms with Gasteiger partial charge in [-0.05, 0) is 53.7 Å². The number of nitrogens with zero attached hydrogens (tertiary/aromatic N) is 5. The van der Waals surface area contributed by atoms with Crippen LogP contribution in [-0.2, 0) is 30.3 Å². The molecule has 3 aromatic rings. The molecule has 1 amide bonds. The largest absolute Gasteiger partial charge is 0.384 e. The highest BCUT2D eigenvalue weighted by Gasteiger charge is 2.46. The lowest BCUT2D eigenvalue weighted by molar-refractivity contribution is -0.0381. The number of fused-ring (bicyclic) bond motifs is 1. The summed E-state index contributed by atoms with van der Waals surface area (Å²) in [4.78, 5) is 38.6. The van der Waals surface area contributed by atoms with Gasteiger partial charge in [-0.3, -0.25) is 14.3 Å². The molecule has 8 atom stereocenters. The van der Waals surface area contributed by atoms with Gasteiger partial charge in [0.1, 0.15) is 17.5 Å². The molecule has 2 aliphatic rings. The molecule has 40 heavy (non-hydrogen) atoms. The molecule has 1 saturated carbocycles. The molecule has 1 aliphatic heterocycles. The number of methoxy groups -OCH3 is 1. The minimum absolute atomic E-state index is 0.0327. The predicted octanol–water partition coefficient (Wildman–Crippen LogP) is 2.09. The van der Waals surface area contributed by atoms with Crippen molar-refractivity contribution in [1.82, 2.24) is 24.5 Å². The van der Waals surface area contributed by atoms with Gasteiger partial charge in [-0.1, -0.05) is 6.92 Å². The smallest absolute Gasteiger partial charge is 0.324 e. The summed E-state index contributed by atoms with van der Waals surface area (Å²) in [5.41, 5.74) is 13.0. The topological polar surface area (TPSA) is 183 Å². The number of nitrogens with two attached hydrogens (primary N) is 2. The van der Waals surface area contributed by atoms with Crippen LogP contribution in [0.4, 0.5) is 10.2 Å². The van der Waals surface area contributed by atoms with Gasteiger partial charge in [0.25, 0.3) is 5.91 Å². The van der Waals surface area contributed by atoms with E-state index in [1.54, 1.807) is 26.3 Å². The monoisotopic (exact) mass is 595 g/mol. The van der Waals surface area contributed by atoms with Gasteiger partial charge in [-0.2, -0.15) is 0 Å². The van der Waals surface area contributed by atoms with Crippen LogP contribution in [0, 0.1) is 17.8 Å². The number of hydrogen-bond acceptors (Lipinski definition) is 11. The minimum Gasteiger partial charge on any atom is -0.384 e. The first-order valence-electron chi connectivity index (χ1n) is 12.7. The van der Waals surface area contributed by atoms with E-state index < -0.39 is 37.0 Å². The SMILES string of the molecule is COC[C@H]1C[C@@H](c2ccnc(C(N)=O)c2)[C@@H]1COP(O)(=S)OC[C@H]1O[C@@H](n2cnc3c(N)ncnc32)[C@H](F)[C@@H]1C. The van der Waals surface area contributed by atoms with E-state index >= 15 is 4.39 Å². The fourth-order valence-electron chi connectivity index (χ4n) is 5.36. The van der Waals surface area contributed by atoms with Gasteiger partial charge in [0.2, 0.25) is 0 Å². The second kappa shape index (κ2) is 11.7. The lowest BCUT2D eigenvalue weighted by Crippen LogP contribution is -2.40. The second-order valence-corrected chi connectivity index (χ2v) is 12.9. The zero-order valence-electron chi connectivity index (χ0n) is 21.9. The molecule has 13 nitrogen and oxygen atoms in total. The first-order valence-corrected chi connectivity index (χ1v) is 15.3. The fourth-order valence-corrected chi connectivity index (χ4v) is 6.49. The molecule has 1 saturated heterocycles. The van der Waals surface area contributed by atoms with Crippen molar-refractivity contribution < 1.29 is 32.6 Å². The summed E-state index contributed by atoms with van der Waals surface area (Å²) in [6.45, 7) is -1.56. The number of amides is 1. The van der Waals surface area contributed by atoms with Crippen LogP contribution in [0.15, 0.2) is 31.0 Å². The quantitative estimate of drug-likeness (QED) is 0.275. The molecule has 1 unspecified atom stereocenters. The second-order valence-electron chi connectivity index (χ2n) is 10.1. The van der Waals surface area contributed by atoms with Crippen molar-refractivity contribution in [3.8, 4) is 0 Å². The highest BCUT2D eigenvalue weighted by molar-refractivity contribution is 8.07. The third-order valence-corrected chi connectivity index (χ3v) is 9.28. The van der Waals surface area contributed by atoms with E-state index in [1.807, 2.05) is 6.07 Å². The van der Waals surface area contributed by atoms with Crippen LogP contribution in [0.3, 0.4) is 0 Å². The summed E-state index contributed by atoms with van der Waals surface area (Å²) >= 11 is 5.26. The standard InChI is InChI=1S/C24H31FN7O6PS/c1-12-18(38-24(19(12)25)32-11-31-20-21(26)29-10-30-23(20)32)9-37-39(34,40)36-8-16-14(7-35-2)5-15(16)13-3-4-28-17(6-13)22(27)33/h3-4,6,10-12,14-16,18-19,24H,5,7-9H2,1-2H3,(H2,27,33)(H,34,40)(H2,26,29,30)/t12-,14-,15+,16-,18-,19-,24-,39?/m1/s1. The van der Waals surface area contributed by atoms with Crippen LogP contribution >= 0.6 is 6.72 Å². The van der Waals surface area contributed by atoms with Gasteiger partial charge in [0.05, 0.1) is 25.6 Å². The Labute approximate surface area is 234 Å². The molecule has 5 N–H and O–H groups in total. The average Bonchev–Trinajstić information content (AvgIpc) is 3.46. The number of pyridine rings is 1. The van der Waals surface area contributed by atoms with Crippen LogP contribution < -0.4 is 11.5 Å². The van der Waals surface area contributed by atoms with Crippen molar-refractivity contribution in [2.24, 2.45) is 23.5 Å². The van der Waals surface area contributed by atoms with E-state index in [9.17, 15) is 9.69 Å². The molecule has 0 radical (unpaired) electrons. The molecule has 0 spiro atoms. The van der Waals surface area contributed by atoms with Gasteiger partial charge in [-0.15, -0.1) is 0 Å². The van der Waals surface area contributed by atoms with Crippen molar-refractivity contribution >= 4 is 41.4 Å². The van der Waals surface area contributed by atoms with Crippen molar-refractivity contribution in [2.75, 3.05) is 32.7 Å². The van der Waals surface area contributed by atoms with E-state index in [2.05, 4.69) is 19.9 Å². The number of nitrogen functional groups attached to an aromatic ring is 1. The van der Waals surface area contributed by atoms with Crippen molar-refractivity contribution in [1.29, 1.82) is 0 Å². The molecule has 2 fully saturated rings. The number of rotatable bonds is 11. The Hall–Kier alpha value is -2.65. The Kier molecular flexibility index (Phi) is 8.43. The number of primary amides is 1. The molecular weight excluding hydrogens is 564 g/mol. The zero-order valence-corrected chi connectivity index (χ0v) is 23.6. The van der Waals surface area contributed by atoms with E-state index in [0.29, 0.717) is 17.8 Å². The summed E-state index contributed by atoms with van der Waals surface area (Å²) in [6, 6.07) is 3.49. The van der Waals surface area contributed by atoms with Crippen molar-refractivity contribution in [3.05, 3.63) is 42.2 Å². The number of carbonyl (C=O) groups excluding carboxylic acids is 1. The fraction of sp³-hybridized carbons (Fsp3) is 0.542. The van der Waals surface area contributed by atoms with E-state index in [0.717, 1.165) is 12.0 Å². The van der Waals surface area contributed by atoms with Crippen LogP contribution in [0.25, 0.3) is 11.2 Å². The van der Waals surface area contributed by atoms with Gasteiger partial charge in [0, 0.05) is 25.8 Å². The van der Waals surface area contributed by atoms with E-state index in [-0.39, 0.29) is 42.5 Å². The minimum atomic E-state index is -3.69. The number of hydrogen-bond donors (Lipinski definition) is 3. The molecule has 0 bridgehead atoms. The molecule has 216 valence electrons. The summed E-state index contributed by atoms with van der Waals surface area (Å²) < 4.78 is 39.4. The van der Waals surface area contributed by atoms with E-state index in [4.69, 9.17) is 41.8 Å². The summed E-state index contributed by atoms with van der Waals surface area (Å²) in [5, 5.41) is 0. The number of anilines is 1. The molecule has 1 aliphatic carbocycles. The summed E-state index contributed by atoms with van der Waals surface area (Å²) in [5.74, 6) is -0.867. The number of ether oxygens (including phenoxy) is 2. The zero-order chi connectivity index (χ0) is 28.6. The molecule has 3 aromatic heterocycles. The highest BCUT2D eigenvalue weighted by Crippen LogP contribution is 2.52. The maximum atomic E-state index is 15.3. The maximum Gasteiger partial charge on any atom is 0.324 e. The van der Waals surface area contributed by atoms with Gasteiger partial charge in [-0.25, -0.2) is 19.3 Å². The first kappa shape index (κ1) is 28.9. The van der Waals surface area contributed by atoms with Crippen LogP contribution in [0.5, 0.6) is 0 Å². The van der Waals surface area contributed by atoms with Crippen molar-refractivity contribution in [2.45, 2.75) is 37.8 Å². The van der Waals surface area contributed by atoms with E-state index in [1.165, 1.54) is 17.2 Å². The first-order chi connectivity index (χ1) is 19.1. The normalized spacial score (nSPS) is 29.8. The molecular formula is C24H31FN7O6PS. The van der Waals surface area contributed by atoms with Crippen LogP contribution in [0.2, 0.25) is 0 Å².